The van der Waals surface area contributed by atoms with Gasteiger partial charge in [-0.05, 0) is 12.1 Å². The first-order chi connectivity index (χ1) is 6.86. The minimum absolute atomic E-state index is 0.667. The molecule has 14 heavy (non-hydrogen) atoms. The highest BCUT2D eigenvalue weighted by molar-refractivity contribution is 5.40. The Balaban J connectivity index is 1.99. The van der Waals surface area contributed by atoms with Gasteiger partial charge < -0.3 is 9.88 Å². The van der Waals surface area contributed by atoms with Crippen LogP contribution in [0.15, 0.2) is 30.9 Å². The van der Waals surface area contributed by atoms with Gasteiger partial charge in [0, 0.05) is 25.1 Å². The molecule has 0 aromatic carbocycles. The van der Waals surface area contributed by atoms with E-state index in [1.54, 1.807) is 18.7 Å². The Hall–Kier alpha value is -1.91. The number of nitrogens with zero attached hydrogens (tertiary/aromatic N) is 4. The Morgan fingerprint density at radius 3 is 2.79 bits per heavy atom. The summed E-state index contributed by atoms with van der Waals surface area (Å²) in [5.41, 5.74) is 1.03. The molecule has 0 saturated heterocycles. The fourth-order valence-electron chi connectivity index (χ4n) is 1.12. The standard InChI is InChI=1S/C9H11N5/c1-14-7-12-13-9(14)6-11-8-2-4-10-5-3-8/h2-5,7H,6H2,1H3,(H,10,11). The van der Waals surface area contributed by atoms with E-state index in [2.05, 4.69) is 20.5 Å². The second-order valence-corrected chi connectivity index (χ2v) is 2.95. The number of pyridine rings is 1. The average molecular weight is 189 g/mol. The molecule has 72 valence electrons. The number of rotatable bonds is 3. The molecule has 0 radical (unpaired) electrons. The summed E-state index contributed by atoms with van der Waals surface area (Å²) in [4.78, 5) is 3.93. The summed E-state index contributed by atoms with van der Waals surface area (Å²) < 4.78 is 1.88. The van der Waals surface area contributed by atoms with Gasteiger partial charge >= 0.3 is 0 Å². The van der Waals surface area contributed by atoms with Gasteiger partial charge in [-0.15, -0.1) is 10.2 Å². The summed E-state index contributed by atoms with van der Waals surface area (Å²) in [6, 6.07) is 3.83. The number of hydrogen-bond donors (Lipinski definition) is 1. The SMILES string of the molecule is Cn1cnnc1CNc1ccncc1. The van der Waals surface area contributed by atoms with Gasteiger partial charge in [0.2, 0.25) is 0 Å². The van der Waals surface area contributed by atoms with E-state index in [0.29, 0.717) is 6.54 Å². The van der Waals surface area contributed by atoms with Crippen molar-refractivity contribution in [3.05, 3.63) is 36.7 Å². The van der Waals surface area contributed by atoms with Crippen LogP contribution in [-0.2, 0) is 13.6 Å². The maximum absolute atomic E-state index is 3.97. The Bertz CT molecular complexity index is 395. The molecule has 0 aliphatic carbocycles. The van der Waals surface area contributed by atoms with Crippen molar-refractivity contribution in [2.45, 2.75) is 6.54 Å². The van der Waals surface area contributed by atoms with Crippen LogP contribution in [0.25, 0.3) is 0 Å². The first-order valence-corrected chi connectivity index (χ1v) is 4.33. The lowest BCUT2D eigenvalue weighted by Crippen LogP contribution is -2.05. The zero-order valence-electron chi connectivity index (χ0n) is 7.88. The van der Waals surface area contributed by atoms with Gasteiger partial charge in [-0.2, -0.15) is 0 Å². The maximum Gasteiger partial charge on any atom is 0.151 e. The van der Waals surface area contributed by atoms with Crippen molar-refractivity contribution in [1.29, 1.82) is 0 Å². The molecule has 5 heteroatoms. The maximum atomic E-state index is 3.97. The lowest BCUT2D eigenvalue weighted by Gasteiger charge is -2.04. The molecule has 0 atom stereocenters. The van der Waals surface area contributed by atoms with E-state index in [1.807, 2.05) is 23.7 Å². The monoisotopic (exact) mass is 189 g/mol. The molecule has 2 aromatic heterocycles. The van der Waals surface area contributed by atoms with Gasteiger partial charge in [-0.25, -0.2) is 0 Å². The van der Waals surface area contributed by atoms with E-state index < -0.39 is 0 Å². The van der Waals surface area contributed by atoms with E-state index >= 15 is 0 Å². The molecule has 2 heterocycles. The highest BCUT2D eigenvalue weighted by Gasteiger charge is 1.98. The van der Waals surface area contributed by atoms with Crippen molar-refractivity contribution in [3.63, 3.8) is 0 Å². The van der Waals surface area contributed by atoms with Crippen LogP contribution < -0.4 is 5.32 Å². The lowest BCUT2D eigenvalue weighted by atomic mass is 10.4. The zero-order chi connectivity index (χ0) is 9.80. The topological polar surface area (TPSA) is 55.6 Å². The summed E-state index contributed by atoms with van der Waals surface area (Å²) >= 11 is 0. The molecule has 0 bridgehead atoms. The smallest absolute Gasteiger partial charge is 0.151 e. The third-order valence-corrected chi connectivity index (χ3v) is 1.94. The Morgan fingerprint density at radius 1 is 1.36 bits per heavy atom. The number of hydrogen-bond acceptors (Lipinski definition) is 4. The van der Waals surface area contributed by atoms with Crippen LogP contribution in [0.2, 0.25) is 0 Å². The van der Waals surface area contributed by atoms with Crippen LogP contribution in [0.3, 0.4) is 0 Å². The third kappa shape index (κ3) is 1.87. The molecule has 0 fully saturated rings. The van der Waals surface area contributed by atoms with Crippen LogP contribution in [0, 0.1) is 0 Å². The molecule has 5 nitrogen and oxygen atoms in total. The average Bonchev–Trinajstić information content (AvgIpc) is 2.63. The third-order valence-electron chi connectivity index (χ3n) is 1.94. The minimum atomic E-state index is 0.667. The summed E-state index contributed by atoms with van der Waals surface area (Å²) in [5, 5.41) is 11.0. The minimum Gasteiger partial charge on any atom is -0.378 e. The van der Waals surface area contributed by atoms with E-state index in [9.17, 15) is 0 Å². The molecule has 0 spiro atoms. The number of nitrogens with one attached hydrogen (secondary N) is 1. The lowest BCUT2D eigenvalue weighted by molar-refractivity contribution is 0.812. The highest BCUT2D eigenvalue weighted by atomic mass is 15.3. The predicted octanol–water partition coefficient (Wildman–Crippen LogP) is 0.822. The zero-order valence-corrected chi connectivity index (χ0v) is 7.88. The van der Waals surface area contributed by atoms with Crippen LogP contribution >= 0.6 is 0 Å². The molecule has 0 amide bonds. The van der Waals surface area contributed by atoms with Crippen molar-refractivity contribution in [2.75, 3.05) is 5.32 Å². The fraction of sp³-hybridized carbons (Fsp3) is 0.222. The molecular formula is C9H11N5. The Morgan fingerprint density at radius 2 is 2.14 bits per heavy atom. The molecule has 0 unspecified atom stereocenters. The van der Waals surface area contributed by atoms with Crippen LogP contribution in [-0.4, -0.2) is 19.7 Å². The van der Waals surface area contributed by atoms with Gasteiger partial charge in [0.1, 0.15) is 6.33 Å². The second-order valence-electron chi connectivity index (χ2n) is 2.95. The molecule has 0 aliphatic heterocycles. The first kappa shape index (κ1) is 8.68. The van der Waals surface area contributed by atoms with Crippen molar-refractivity contribution in [1.82, 2.24) is 19.7 Å². The van der Waals surface area contributed by atoms with Crippen molar-refractivity contribution in [2.24, 2.45) is 7.05 Å². The summed E-state index contributed by atoms with van der Waals surface area (Å²) in [6.07, 6.45) is 5.18. The Labute approximate surface area is 81.8 Å². The molecule has 2 rings (SSSR count). The van der Waals surface area contributed by atoms with E-state index in [-0.39, 0.29) is 0 Å². The number of aromatic nitrogens is 4. The van der Waals surface area contributed by atoms with Gasteiger partial charge in [-0.1, -0.05) is 0 Å². The normalized spacial score (nSPS) is 10.1. The first-order valence-electron chi connectivity index (χ1n) is 4.33. The number of anilines is 1. The quantitative estimate of drug-likeness (QED) is 0.776. The van der Waals surface area contributed by atoms with Crippen LogP contribution in [0.4, 0.5) is 5.69 Å². The second kappa shape index (κ2) is 3.87. The van der Waals surface area contributed by atoms with Crippen molar-refractivity contribution >= 4 is 5.69 Å². The van der Waals surface area contributed by atoms with Gasteiger partial charge in [0.15, 0.2) is 5.82 Å². The largest absolute Gasteiger partial charge is 0.378 e. The van der Waals surface area contributed by atoms with Gasteiger partial charge in [-0.3, -0.25) is 4.98 Å². The van der Waals surface area contributed by atoms with Crippen molar-refractivity contribution < 1.29 is 0 Å². The fourth-order valence-corrected chi connectivity index (χ4v) is 1.12. The Kier molecular flexibility index (Phi) is 2.40. The highest BCUT2D eigenvalue weighted by Crippen LogP contribution is 2.04. The molecule has 0 aliphatic rings. The molecule has 0 saturated carbocycles. The molecule has 2 aromatic rings. The van der Waals surface area contributed by atoms with Crippen LogP contribution in [0.1, 0.15) is 5.82 Å². The van der Waals surface area contributed by atoms with Gasteiger partial charge in [0.05, 0.1) is 6.54 Å². The summed E-state index contributed by atoms with van der Waals surface area (Å²) in [6.45, 7) is 0.667. The molecule has 1 N–H and O–H groups in total. The van der Waals surface area contributed by atoms with E-state index in [0.717, 1.165) is 11.5 Å². The van der Waals surface area contributed by atoms with E-state index in [1.165, 1.54) is 0 Å². The van der Waals surface area contributed by atoms with Crippen LogP contribution in [0.5, 0.6) is 0 Å². The molecular weight excluding hydrogens is 178 g/mol. The van der Waals surface area contributed by atoms with Crippen molar-refractivity contribution in [3.8, 4) is 0 Å². The summed E-state index contributed by atoms with van der Waals surface area (Å²) in [5.74, 6) is 0.904. The van der Waals surface area contributed by atoms with Gasteiger partial charge in [0.25, 0.3) is 0 Å². The summed E-state index contributed by atoms with van der Waals surface area (Å²) in [7, 11) is 1.92. The number of aryl methyl sites for hydroxylation is 1. The van der Waals surface area contributed by atoms with E-state index in [4.69, 9.17) is 0 Å². The predicted molar refractivity (Wildman–Crippen MR) is 52.6 cm³/mol.